The van der Waals surface area contributed by atoms with E-state index in [2.05, 4.69) is 15.4 Å². The van der Waals surface area contributed by atoms with E-state index in [1.807, 2.05) is 29.3 Å². The second kappa shape index (κ2) is 7.62. The SMILES string of the molecule is N#Cc1cc(O)cc(-n2cnc(Nc3nc(N4CCCC4CO)nn4cccc34)c2)c1. The van der Waals surface area contributed by atoms with Crippen LogP contribution in [0.2, 0.25) is 0 Å². The predicted octanol–water partition coefficient (Wildman–Crippen LogP) is 2.20. The summed E-state index contributed by atoms with van der Waals surface area (Å²) in [6.07, 6.45) is 7.09. The van der Waals surface area contributed by atoms with Crippen LogP contribution in [0.1, 0.15) is 18.4 Å². The molecule has 5 rings (SSSR count). The molecule has 4 aromatic rings. The molecule has 1 aliphatic heterocycles. The van der Waals surface area contributed by atoms with E-state index in [1.165, 1.54) is 6.07 Å². The van der Waals surface area contributed by atoms with Gasteiger partial charge in [-0.15, -0.1) is 5.10 Å². The third-order valence-corrected chi connectivity index (χ3v) is 5.38. The number of phenols is 1. The second-order valence-corrected chi connectivity index (χ2v) is 7.41. The van der Waals surface area contributed by atoms with Crippen LogP contribution in [0.3, 0.4) is 0 Å². The molecule has 10 heteroatoms. The molecule has 1 aromatic carbocycles. The van der Waals surface area contributed by atoms with Crippen LogP contribution < -0.4 is 10.2 Å². The molecule has 1 fully saturated rings. The Balaban J connectivity index is 1.48. The minimum atomic E-state index is 0.0108. The molecule has 1 unspecified atom stereocenters. The molecule has 0 bridgehead atoms. The van der Waals surface area contributed by atoms with Crippen molar-refractivity contribution in [3.05, 3.63) is 54.6 Å². The summed E-state index contributed by atoms with van der Waals surface area (Å²) in [4.78, 5) is 11.1. The molecule has 0 aliphatic carbocycles. The molecule has 10 nitrogen and oxygen atoms in total. The molecule has 156 valence electrons. The third kappa shape index (κ3) is 3.51. The average Bonchev–Trinajstić information content (AvgIpc) is 3.53. The normalized spacial score (nSPS) is 16.0. The molecule has 0 spiro atoms. The van der Waals surface area contributed by atoms with Gasteiger partial charge in [-0.3, -0.25) is 0 Å². The number of imidazole rings is 1. The van der Waals surface area contributed by atoms with Gasteiger partial charge in [-0.1, -0.05) is 0 Å². The van der Waals surface area contributed by atoms with E-state index in [1.54, 1.807) is 33.7 Å². The highest BCUT2D eigenvalue weighted by molar-refractivity contribution is 5.73. The van der Waals surface area contributed by atoms with Gasteiger partial charge in [0.2, 0.25) is 5.95 Å². The highest BCUT2D eigenvalue weighted by Crippen LogP contribution is 2.27. The zero-order chi connectivity index (χ0) is 21.4. The Kier molecular flexibility index (Phi) is 4.65. The number of anilines is 3. The van der Waals surface area contributed by atoms with E-state index in [4.69, 9.17) is 10.2 Å². The zero-order valence-corrected chi connectivity index (χ0v) is 16.5. The first-order valence-electron chi connectivity index (χ1n) is 9.93. The molecule has 3 aromatic heterocycles. The summed E-state index contributed by atoms with van der Waals surface area (Å²) >= 11 is 0. The highest BCUT2D eigenvalue weighted by atomic mass is 16.3. The van der Waals surface area contributed by atoms with Crippen LogP contribution in [0, 0.1) is 11.3 Å². The number of rotatable bonds is 5. The molecular formula is C21H20N8O2. The van der Waals surface area contributed by atoms with Crippen LogP contribution in [-0.2, 0) is 0 Å². The fourth-order valence-electron chi connectivity index (χ4n) is 3.88. The van der Waals surface area contributed by atoms with E-state index in [9.17, 15) is 10.2 Å². The van der Waals surface area contributed by atoms with Crippen molar-refractivity contribution in [1.82, 2.24) is 24.1 Å². The number of hydrogen-bond acceptors (Lipinski definition) is 8. The number of hydrogen-bond donors (Lipinski definition) is 3. The van der Waals surface area contributed by atoms with Gasteiger partial charge in [0.1, 0.15) is 23.4 Å². The van der Waals surface area contributed by atoms with E-state index in [0.29, 0.717) is 28.8 Å². The van der Waals surface area contributed by atoms with Gasteiger partial charge in [-0.25, -0.2) is 9.50 Å². The van der Waals surface area contributed by atoms with Gasteiger partial charge in [-0.05, 0) is 37.1 Å². The minimum Gasteiger partial charge on any atom is -0.508 e. The second-order valence-electron chi connectivity index (χ2n) is 7.41. The van der Waals surface area contributed by atoms with E-state index in [-0.39, 0.29) is 18.4 Å². The minimum absolute atomic E-state index is 0.0108. The maximum absolute atomic E-state index is 9.86. The lowest BCUT2D eigenvalue weighted by Gasteiger charge is -2.23. The number of nitriles is 1. The van der Waals surface area contributed by atoms with Crippen molar-refractivity contribution in [3.8, 4) is 17.5 Å². The fraction of sp³-hybridized carbons (Fsp3) is 0.238. The van der Waals surface area contributed by atoms with E-state index >= 15 is 0 Å². The Labute approximate surface area is 177 Å². The van der Waals surface area contributed by atoms with Crippen LogP contribution >= 0.6 is 0 Å². The third-order valence-electron chi connectivity index (χ3n) is 5.38. The van der Waals surface area contributed by atoms with Gasteiger partial charge < -0.3 is 25.0 Å². The number of aliphatic hydroxyl groups is 1. The van der Waals surface area contributed by atoms with E-state index in [0.717, 1.165) is 24.9 Å². The quantitative estimate of drug-likeness (QED) is 0.452. The molecule has 0 radical (unpaired) electrons. The summed E-state index contributed by atoms with van der Waals surface area (Å²) < 4.78 is 3.46. The van der Waals surface area contributed by atoms with Gasteiger partial charge in [0.05, 0.1) is 36.2 Å². The number of nitrogens with zero attached hydrogens (tertiary/aromatic N) is 7. The molecule has 4 heterocycles. The molecule has 31 heavy (non-hydrogen) atoms. The summed E-state index contributed by atoms with van der Waals surface area (Å²) in [5.41, 5.74) is 1.77. The van der Waals surface area contributed by atoms with E-state index < -0.39 is 0 Å². The zero-order valence-electron chi connectivity index (χ0n) is 16.5. The van der Waals surface area contributed by atoms with Crippen LogP contribution in [0.4, 0.5) is 17.6 Å². The summed E-state index contributed by atoms with van der Waals surface area (Å²) in [7, 11) is 0. The number of phenolic OH excluding ortho intramolecular Hbond substituents is 1. The highest BCUT2D eigenvalue weighted by Gasteiger charge is 2.27. The summed E-state index contributed by atoms with van der Waals surface area (Å²) in [6, 6.07) is 10.5. The molecule has 1 aliphatic rings. The van der Waals surface area contributed by atoms with Crippen molar-refractivity contribution in [2.75, 3.05) is 23.4 Å². The number of nitrogens with one attached hydrogen (secondary N) is 1. The Morgan fingerprint density at radius 3 is 3.03 bits per heavy atom. The van der Waals surface area contributed by atoms with Gasteiger partial charge in [0.25, 0.3) is 0 Å². The number of aromatic hydroxyl groups is 1. The number of fused-ring (bicyclic) bond motifs is 1. The fourth-order valence-corrected chi connectivity index (χ4v) is 3.88. The van der Waals surface area contributed by atoms with Gasteiger partial charge in [-0.2, -0.15) is 10.2 Å². The lowest BCUT2D eigenvalue weighted by Crippen LogP contribution is -2.34. The van der Waals surface area contributed by atoms with Crippen LogP contribution in [0.15, 0.2) is 49.1 Å². The first-order chi connectivity index (χ1) is 15.1. The molecule has 1 atom stereocenters. The largest absolute Gasteiger partial charge is 0.508 e. The summed E-state index contributed by atoms with van der Waals surface area (Å²) in [5.74, 6) is 1.71. The van der Waals surface area contributed by atoms with Crippen LogP contribution in [0.5, 0.6) is 5.75 Å². The lowest BCUT2D eigenvalue weighted by atomic mass is 10.2. The average molecular weight is 416 g/mol. The van der Waals surface area contributed by atoms with Gasteiger partial charge in [0, 0.05) is 18.8 Å². The lowest BCUT2D eigenvalue weighted by molar-refractivity contribution is 0.265. The Hall–Kier alpha value is -4.10. The van der Waals surface area contributed by atoms with Crippen molar-refractivity contribution >= 4 is 23.1 Å². The predicted molar refractivity (Wildman–Crippen MR) is 114 cm³/mol. The van der Waals surface area contributed by atoms with Crippen LogP contribution in [-0.4, -0.2) is 53.6 Å². The standard InChI is InChI=1S/C21H20N8O2/c22-10-14-7-16(9-17(31)8-14)27-11-19(23-13-27)24-20-18-4-2-6-29(18)26-21(25-20)28-5-1-3-15(28)12-30/h2,4,6-9,11,13,15,30-31H,1,3,5,12H2,(H,24,25,26). The van der Waals surface area contributed by atoms with Crippen molar-refractivity contribution in [3.63, 3.8) is 0 Å². The smallest absolute Gasteiger partial charge is 0.245 e. The summed E-state index contributed by atoms with van der Waals surface area (Å²) in [5, 5.41) is 36.5. The Morgan fingerprint density at radius 1 is 1.29 bits per heavy atom. The topological polar surface area (TPSA) is 128 Å². The first-order valence-corrected chi connectivity index (χ1v) is 9.93. The van der Waals surface area contributed by atoms with Crippen molar-refractivity contribution in [1.29, 1.82) is 5.26 Å². The number of aliphatic hydroxyl groups excluding tert-OH is 1. The first kappa shape index (κ1) is 18.9. The van der Waals surface area contributed by atoms with Crippen molar-refractivity contribution < 1.29 is 10.2 Å². The van der Waals surface area contributed by atoms with Gasteiger partial charge >= 0.3 is 0 Å². The van der Waals surface area contributed by atoms with Gasteiger partial charge in [0.15, 0.2) is 5.82 Å². The maximum Gasteiger partial charge on any atom is 0.245 e. The van der Waals surface area contributed by atoms with Crippen molar-refractivity contribution in [2.45, 2.75) is 18.9 Å². The molecular weight excluding hydrogens is 396 g/mol. The monoisotopic (exact) mass is 416 g/mol. The molecule has 3 N–H and O–H groups in total. The molecule has 1 saturated heterocycles. The van der Waals surface area contributed by atoms with Crippen molar-refractivity contribution in [2.24, 2.45) is 0 Å². The summed E-state index contributed by atoms with van der Waals surface area (Å²) in [6.45, 7) is 0.861. The Morgan fingerprint density at radius 2 is 2.19 bits per heavy atom. The molecule has 0 amide bonds. The maximum atomic E-state index is 9.86. The number of aromatic nitrogens is 5. The van der Waals surface area contributed by atoms with Crippen LogP contribution in [0.25, 0.3) is 11.2 Å². The molecule has 0 saturated carbocycles. The number of benzene rings is 1. The Bertz CT molecular complexity index is 1290.